The van der Waals surface area contributed by atoms with Gasteiger partial charge in [0.1, 0.15) is 0 Å². The molecule has 0 aromatic heterocycles. The number of rotatable bonds is 1. The van der Waals surface area contributed by atoms with Crippen molar-refractivity contribution < 1.29 is 12.8 Å². The molecule has 0 spiro atoms. The smallest absolute Gasteiger partial charge is 0.303 e. The molecule has 0 rings (SSSR count). The first kappa shape index (κ1) is 4.47. The van der Waals surface area contributed by atoms with Crippen LogP contribution in [0.1, 0.15) is 16.2 Å². The molecule has 0 atom stereocenters. The molecule has 0 saturated heterocycles. The lowest BCUT2D eigenvalue weighted by Gasteiger charge is -1.71. The Bertz CT molecular complexity index is 46.2. The van der Waals surface area contributed by atoms with Gasteiger partial charge in [-0.1, -0.05) is 6.92 Å². The van der Waals surface area contributed by atoms with Crippen LogP contribution in [0, 0.1) is 0 Å². The Morgan fingerprint density at radius 2 is 2.40 bits per heavy atom. The predicted octanol–water partition coefficient (Wildman–Crippen LogP) is 0.973. The SMILES string of the molecule is CCC(=O)O.[HH].[HH]. The first-order valence-corrected chi connectivity index (χ1v) is 1.49. The van der Waals surface area contributed by atoms with E-state index in [2.05, 4.69) is 0 Å². The van der Waals surface area contributed by atoms with Crippen molar-refractivity contribution in [3.05, 3.63) is 0 Å². The molecule has 0 aliphatic heterocycles. The summed E-state index contributed by atoms with van der Waals surface area (Å²) in [6.07, 6.45) is 0.222. The van der Waals surface area contributed by atoms with Crippen LogP contribution in [-0.2, 0) is 4.79 Å². The van der Waals surface area contributed by atoms with Crippen molar-refractivity contribution in [2.45, 2.75) is 13.3 Å². The average molecular weight is 78.1 g/mol. The van der Waals surface area contributed by atoms with Gasteiger partial charge in [0.05, 0.1) is 0 Å². The molecule has 1 N–H and O–H groups in total. The van der Waals surface area contributed by atoms with Gasteiger partial charge in [0.2, 0.25) is 0 Å². The Morgan fingerprint density at radius 3 is 2.40 bits per heavy atom. The van der Waals surface area contributed by atoms with Crippen molar-refractivity contribution >= 4 is 5.97 Å². The minimum Gasteiger partial charge on any atom is -0.481 e. The van der Waals surface area contributed by atoms with E-state index in [1.165, 1.54) is 0 Å². The van der Waals surface area contributed by atoms with Crippen LogP contribution < -0.4 is 0 Å². The van der Waals surface area contributed by atoms with E-state index >= 15 is 0 Å². The minimum absolute atomic E-state index is 0. The number of carbonyl (C=O) groups is 1. The molecule has 2 nitrogen and oxygen atoms in total. The number of aliphatic carboxylic acids is 1. The molecule has 0 fully saturated rings. The summed E-state index contributed by atoms with van der Waals surface area (Å²) in [6, 6.07) is 0. The van der Waals surface area contributed by atoms with Crippen molar-refractivity contribution in [3.8, 4) is 0 Å². The van der Waals surface area contributed by atoms with E-state index in [4.69, 9.17) is 5.11 Å². The summed E-state index contributed by atoms with van der Waals surface area (Å²) in [5, 5.41) is 7.72. The molecule has 0 aromatic rings. The molecular formula is C3H10O2. The van der Waals surface area contributed by atoms with Crippen LogP contribution in [0.5, 0.6) is 0 Å². The van der Waals surface area contributed by atoms with E-state index in [0.29, 0.717) is 0 Å². The van der Waals surface area contributed by atoms with Gasteiger partial charge in [-0.3, -0.25) is 4.79 Å². The van der Waals surface area contributed by atoms with Crippen LogP contribution in [0.3, 0.4) is 0 Å². The summed E-state index contributed by atoms with van der Waals surface area (Å²) in [6.45, 7) is 1.60. The lowest BCUT2D eigenvalue weighted by atomic mass is 10.5. The van der Waals surface area contributed by atoms with E-state index in [9.17, 15) is 4.79 Å². The highest BCUT2D eigenvalue weighted by Gasteiger charge is 1.80. The highest BCUT2D eigenvalue weighted by atomic mass is 16.4. The Morgan fingerprint density at radius 1 is 2.20 bits per heavy atom. The summed E-state index contributed by atoms with van der Waals surface area (Å²) < 4.78 is 0. The second kappa shape index (κ2) is 1.76. The normalized spacial score (nSPS) is 7.40. The second-order valence-electron chi connectivity index (χ2n) is 0.747. The molecule has 0 bridgehead atoms. The van der Waals surface area contributed by atoms with Crippen LogP contribution in [0.25, 0.3) is 0 Å². The molecule has 0 unspecified atom stereocenters. The van der Waals surface area contributed by atoms with Crippen molar-refractivity contribution in [2.75, 3.05) is 0 Å². The summed E-state index contributed by atoms with van der Waals surface area (Å²) in [5.41, 5.74) is 0. The van der Waals surface area contributed by atoms with Crippen LogP contribution >= 0.6 is 0 Å². The Labute approximate surface area is 33.4 Å². The molecule has 2 heteroatoms. The molecule has 0 heterocycles. The zero-order valence-electron chi connectivity index (χ0n) is 3.06. The number of hydrogen-bond donors (Lipinski definition) is 1. The summed E-state index contributed by atoms with van der Waals surface area (Å²) >= 11 is 0. The topological polar surface area (TPSA) is 37.3 Å². The Balaban J connectivity index is -0.0000000800. The fourth-order valence-electron chi connectivity index (χ4n) is 0. The van der Waals surface area contributed by atoms with Crippen LogP contribution in [0.2, 0.25) is 0 Å². The third-order valence-electron chi connectivity index (χ3n) is 0.302. The molecule has 0 aliphatic rings. The molecule has 0 saturated carbocycles. The van der Waals surface area contributed by atoms with E-state index in [0.717, 1.165) is 0 Å². The fraction of sp³-hybridized carbons (Fsp3) is 0.667. The predicted molar refractivity (Wildman–Crippen MR) is 22.2 cm³/mol. The zero-order valence-corrected chi connectivity index (χ0v) is 3.06. The molecule has 0 radical (unpaired) electrons. The molecule has 34 valence electrons. The van der Waals surface area contributed by atoms with E-state index in [1.54, 1.807) is 6.92 Å². The summed E-state index contributed by atoms with van der Waals surface area (Å²) in [5.74, 6) is -0.745. The quantitative estimate of drug-likeness (QED) is 0.507. The number of carboxylic acids is 1. The van der Waals surface area contributed by atoms with Gasteiger partial charge in [0, 0.05) is 9.27 Å². The van der Waals surface area contributed by atoms with Crippen molar-refractivity contribution in [2.24, 2.45) is 0 Å². The van der Waals surface area contributed by atoms with Crippen molar-refractivity contribution in [1.82, 2.24) is 0 Å². The van der Waals surface area contributed by atoms with Gasteiger partial charge in [-0.05, 0) is 0 Å². The average Bonchev–Trinajstić information content (AvgIpc) is 1.38. The van der Waals surface area contributed by atoms with Gasteiger partial charge in [-0.25, -0.2) is 0 Å². The van der Waals surface area contributed by atoms with Crippen LogP contribution in [0.4, 0.5) is 0 Å². The van der Waals surface area contributed by atoms with Crippen molar-refractivity contribution in [3.63, 3.8) is 0 Å². The van der Waals surface area contributed by atoms with Gasteiger partial charge in [-0.15, -0.1) is 0 Å². The van der Waals surface area contributed by atoms with Gasteiger partial charge >= 0.3 is 5.97 Å². The third kappa shape index (κ3) is 3.47. The largest absolute Gasteiger partial charge is 0.481 e. The van der Waals surface area contributed by atoms with Gasteiger partial charge in [0.25, 0.3) is 0 Å². The first-order chi connectivity index (χ1) is 2.27. The molecule has 0 aliphatic carbocycles. The monoisotopic (exact) mass is 78.1 g/mol. The third-order valence-corrected chi connectivity index (χ3v) is 0.302. The number of hydrogen-bond acceptors (Lipinski definition) is 1. The number of carboxylic acid groups (broad SMARTS) is 1. The van der Waals surface area contributed by atoms with Gasteiger partial charge in [-0.2, -0.15) is 0 Å². The maximum atomic E-state index is 9.37. The molecule has 5 heavy (non-hydrogen) atoms. The van der Waals surface area contributed by atoms with E-state index in [1.807, 2.05) is 0 Å². The van der Waals surface area contributed by atoms with Crippen molar-refractivity contribution in [1.29, 1.82) is 0 Å². The van der Waals surface area contributed by atoms with Crippen LogP contribution in [0.15, 0.2) is 0 Å². The fourth-order valence-corrected chi connectivity index (χ4v) is 0. The van der Waals surface area contributed by atoms with E-state index in [-0.39, 0.29) is 9.27 Å². The zero-order chi connectivity index (χ0) is 4.28. The Hall–Kier alpha value is -0.530. The summed E-state index contributed by atoms with van der Waals surface area (Å²) in [4.78, 5) is 9.37. The minimum atomic E-state index is -0.745. The summed E-state index contributed by atoms with van der Waals surface area (Å²) in [7, 11) is 0. The van der Waals surface area contributed by atoms with Gasteiger partial charge in [0.15, 0.2) is 0 Å². The molecular weight excluding hydrogens is 68.0 g/mol. The lowest BCUT2D eigenvalue weighted by molar-refractivity contribution is -0.136. The van der Waals surface area contributed by atoms with Gasteiger partial charge < -0.3 is 5.11 Å². The highest BCUT2D eigenvalue weighted by molar-refractivity contribution is 5.66. The van der Waals surface area contributed by atoms with E-state index < -0.39 is 5.97 Å². The van der Waals surface area contributed by atoms with Crippen LogP contribution in [-0.4, -0.2) is 11.1 Å². The highest BCUT2D eigenvalue weighted by Crippen LogP contribution is 1.67. The first-order valence-electron chi connectivity index (χ1n) is 1.49. The molecule has 0 amide bonds. The Kier molecular flexibility index (Phi) is 1.57. The maximum absolute atomic E-state index is 9.37. The second-order valence-corrected chi connectivity index (χ2v) is 0.747. The molecule has 0 aromatic carbocycles. The standard InChI is InChI=1S/C3H6O2.2H2/c1-2-3(4)5;;/h2H2,1H3,(H,4,5);2*1H. The maximum Gasteiger partial charge on any atom is 0.303 e. The lowest BCUT2D eigenvalue weighted by Crippen LogP contribution is -1.86.